The summed E-state index contributed by atoms with van der Waals surface area (Å²) in [7, 11) is 0. The second kappa shape index (κ2) is 5.71. The largest absolute Gasteiger partial charge is 0.391 e. The van der Waals surface area contributed by atoms with Gasteiger partial charge in [0.05, 0.1) is 6.10 Å². The molecule has 2 unspecified atom stereocenters. The number of likely N-dealkylation sites (tertiary alicyclic amines) is 2. The Labute approximate surface area is 127 Å². The SMILES string of the molecule is O[C@@H]1CCCC[C@H]1N1CC2CC1CN2Cc1ccccc1. The van der Waals surface area contributed by atoms with Crippen LogP contribution in [0.4, 0.5) is 0 Å². The Bertz CT molecular complexity index is 477. The first-order chi connectivity index (χ1) is 10.3. The van der Waals surface area contributed by atoms with Crippen LogP contribution in [0.25, 0.3) is 0 Å². The Morgan fingerprint density at radius 1 is 1.00 bits per heavy atom. The third kappa shape index (κ3) is 2.63. The van der Waals surface area contributed by atoms with E-state index in [1.807, 2.05) is 0 Å². The van der Waals surface area contributed by atoms with Crippen molar-refractivity contribution in [2.75, 3.05) is 13.1 Å². The van der Waals surface area contributed by atoms with Gasteiger partial charge < -0.3 is 5.11 Å². The zero-order chi connectivity index (χ0) is 14.2. The maximum Gasteiger partial charge on any atom is 0.0695 e. The quantitative estimate of drug-likeness (QED) is 0.923. The number of aliphatic hydroxyl groups is 1. The molecule has 4 atom stereocenters. The first-order valence-electron chi connectivity index (χ1n) is 8.53. The van der Waals surface area contributed by atoms with Crippen LogP contribution in [-0.4, -0.2) is 52.2 Å². The van der Waals surface area contributed by atoms with Crippen molar-refractivity contribution < 1.29 is 5.11 Å². The van der Waals surface area contributed by atoms with Gasteiger partial charge >= 0.3 is 0 Å². The van der Waals surface area contributed by atoms with E-state index >= 15 is 0 Å². The fraction of sp³-hybridized carbons (Fsp3) is 0.667. The number of aliphatic hydroxyl groups excluding tert-OH is 1. The van der Waals surface area contributed by atoms with Gasteiger partial charge in [0.2, 0.25) is 0 Å². The van der Waals surface area contributed by atoms with Crippen molar-refractivity contribution in [3.05, 3.63) is 35.9 Å². The van der Waals surface area contributed by atoms with Crippen molar-refractivity contribution in [1.82, 2.24) is 9.80 Å². The van der Waals surface area contributed by atoms with Crippen molar-refractivity contribution in [3.8, 4) is 0 Å². The van der Waals surface area contributed by atoms with Gasteiger partial charge in [-0.3, -0.25) is 9.80 Å². The summed E-state index contributed by atoms with van der Waals surface area (Å²) in [5, 5.41) is 10.3. The van der Waals surface area contributed by atoms with E-state index in [0.29, 0.717) is 18.1 Å². The Morgan fingerprint density at radius 2 is 1.81 bits per heavy atom. The molecular weight excluding hydrogens is 260 g/mol. The minimum absolute atomic E-state index is 0.0827. The molecule has 1 aliphatic carbocycles. The van der Waals surface area contributed by atoms with Gasteiger partial charge in [-0.15, -0.1) is 0 Å². The van der Waals surface area contributed by atoms with Crippen LogP contribution in [0.2, 0.25) is 0 Å². The molecule has 3 nitrogen and oxygen atoms in total. The van der Waals surface area contributed by atoms with Gasteiger partial charge in [0.25, 0.3) is 0 Å². The highest BCUT2D eigenvalue weighted by molar-refractivity contribution is 5.16. The minimum Gasteiger partial charge on any atom is -0.391 e. The normalized spacial score (nSPS) is 37.2. The lowest BCUT2D eigenvalue weighted by molar-refractivity contribution is -0.00820. The molecule has 3 heteroatoms. The van der Waals surface area contributed by atoms with Gasteiger partial charge in [0.15, 0.2) is 0 Å². The molecule has 2 saturated heterocycles. The van der Waals surface area contributed by atoms with Crippen molar-refractivity contribution in [2.45, 2.75) is 62.9 Å². The van der Waals surface area contributed by atoms with Crippen LogP contribution >= 0.6 is 0 Å². The molecule has 3 aliphatic rings. The molecule has 0 amide bonds. The van der Waals surface area contributed by atoms with Crippen molar-refractivity contribution in [3.63, 3.8) is 0 Å². The molecular formula is C18H26N2O. The number of piperazine rings is 1. The third-order valence-corrected chi connectivity index (χ3v) is 5.74. The summed E-state index contributed by atoms with van der Waals surface area (Å²) >= 11 is 0. The molecule has 3 fully saturated rings. The molecule has 0 spiro atoms. The monoisotopic (exact) mass is 286 g/mol. The summed E-state index contributed by atoms with van der Waals surface area (Å²) in [6.07, 6.45) is 5.93. The van der Waals surface area contributed by atoms with Crippen LogP contribution in [0.1, 0.15) is 37.7 Å². The fourth-order valence-corrected chi connectivity index (χ4v) is 4.68. The average molecular weight is 286 g/mol. The highest BCUT2D eigenvalue weighted by Gasteiger charge is 2.46. The summed E-state index contributed by atoms with van der Waals surface area (Å²) < 4.78 is 0. The maximum atomic E-state index is 10.3. The van der Waals surface area contributed by atoms with Crippen LogP contribution in [0.3, 0.4) is 0 Å². The van der Waals surface area contributed by atoms with Crippen molar-refractivity contribution >= 4 is 0 Å². The van der Waals surface area contributed by atoms with Crippen LogP contribution in [0, 0.1) is 0 Å². The number of rotatable bonds is 3. The number of nitrogens with zero attached hydrogens (tertiary/aromatic N) is 2. The molecule has 1 N–H and O–H groups in total. The zero-order valence-electron chi connectivity index (χ0n) is 12.7. The lowest BCUT2D eigenvalue weighted by Crippen LogP contribution is -2.54. The van der Waals surface area contributed by atoms with Crippen LogP contribution in [0.15, 0.2) is 30.3 Å². The number of benzene rings is 1. The maximum absolute atomic E-state index is 10.3. The Morgan fingerprint density at radius 3 is 2.52 bits per heavy atom. The van der Waals surface area contributed by atoms with E-state index in [9.17, 15) is 5.11 Å². The molecule has 2 heterocycles. The van der Waals surface area contributed by atoms with Gasteiger partial charge in [0, 0.05) is 37.8 Å². The van der Waals surface area contributed by atoms with Gasteiger partial charge in [0.1, 0.15) is 0 Å². The summed E-state index contributed by atoms with van der Waals surface area (Å²) in [4.78, 5) is 5.28. The van der Waals surface area contributed by atoms with E-state index in [2.05, 4.69) is 40.1 Å². The lowest BCUT2D eigenvalue weighted by Gasteiger charge is -2.42. The molecule has 2 bridgehead atoms. The van der Waals surface area contributed by atoms with E-state index in [-0.39, 0.29) is 6.10 Å². The molecule has 2 aliphatic heterocycles. The summed E-state index contributed by atoms with van der Waals surface area (Å²) in [5.74, 6) is 0. The summed E-state index contributed by atoms with van der Waals surface area (Å²) in [6.45, 7) is 3.44. The van der Waals surface area contributed by atoms with Gasteiger partial charge in [-0.1, -0.05) is 43.2 Å². The van der Waals surface area contributed by atoms with E-state index in [1.54, 1.807) is 0 Å². The molecule has 1 aromatic carbocycles. The van der Waals surface area contributed by atoms with Gasteiger partial charge in [-0.2, -0.15) is 0 Å². The summed E-state index contributed by atoms with van der Waals surface area (Å²) in [5.41, 5.74) is 1.43. The topological polar surface area (TPSA) is 26.7 Å². The van der Waals surface area contributed by atoms with E-state index in [0.717, 1.165) is 13.0 Å². The molecule has 1 saturated carbocycles. The second-order valence-corrected chi connectivity index (χ2v) is 7.07. The highest BCUT2D eigenvalue weighted by Crippen LogP contribution is 2.36. The van der Waals surface area contributed by atoms with Gasteiger partial charge in [-0.25, -0.2) is 0 Å². The first kappa shape index (κ1) is 13.7. The van der Waals surface area contributed by atoms with E-state index in [1.165, 1.54) is 44.3 Å². The molecule has 1 aromatic rings. The first-order valence-corrected chi connectivity index (χ1v) is 8.53. The summed E-state index contributed by atoms with van der Waals surface area (Å²) in [6, 6.07) is 12.6. The molecule has 0 radical (unpaired) electrons. The van der Waals surface area contributed by atoms with Crippen LogP contribution < -0.4 is 0 Å². The van der Waals surface area contributed by atoms with Gasteiger partial charge in [-0.05, 0) is 24.8 Å². The van der Waals surface area contributed by atoms with Crippen LogP contribution in [-0.2, 0) is 6.54 Å². The lowest BCUT2D eigenvalue weighted by atomic mass is 9.91. The fourth-order valence-electron chi connectivity index (χ4n) is 4.68. The zero-order valence-corrected chi connectivity index (χ0v) is 12.7. The molecule has 114 valence electrons. The Balaban J connectivity index is 1.39. The molecule has 0 aromatic heterocycles. The smallest absolute Gasteiger partial charge is 0.0695 e. The Kier molecular flexibility index (Phi) is 3.74. The van der Waals surface area contributed by atoms with E-state index < -0.39 is 0 Å². The number of hydrogen-bond acceptors (Lipinski definition) is 3. The predicted octanol–water partition coefficient (Wildman–Crippen LogP) is 2.25. The molecule has 21 heavy (non-hydrogen) atoms. The minimum atomic E-state index is -0.0827. The Hall–Kier alpha value is -0.900. The second-order valence-electron chi connectivity index (χ2n) is 7.07. The van der Waals surface area contributed by atoms with Crippen molar-refractivity contribution in [2.24, 2.45) is 0 Å². The highest BCUT2D eigenvalue weighted by atomic mass is 16.3. The van der Waals surface area contributed by atoms with E-state index in [4.69, 9.17) is 0 Å². The average Bonchev–Trinajstić information content (AvgIpc) is 3.09. The third-order valence-electron chi connectivity index (χ3n) is 5.74. The number of hydrogen-bond donors (Lipinski definition) is 1. The van der Waals surface area contributed by atoms with Crippen LogP contribution in [0.5, 0.6) is 0 Å². The van der Waals surface area contributed by atoms with Crippen molar-refractivity contribution in [1.29, 1.82) is 0 Å². The molecule has 4 rings (SSSR count). The number of fused-ring (bicyclic) bond motifs is 2. The standard InChI is InChI=1S/C18H26N2O/c21-18-9-5-4-8-17(18)20-13-15-10-16(20)12-19(15)11-14-6-2-1-3-7-14/h1-3,6-7,15-18,21H,4-5,8-13H2/t15?,16?,17-,18-/m1/s1. The predicted molar refractivity (Wildman–Crippen MR) is 84.0 cm³/mol.